The molecule has 0 saturated heterocycles. The van der Waals surface area contributed by atoms with Crippen LogP contribution < -0.4 is 20.2 Å². The third kappa shape index (κ3) is 5.33. The summed E-state index contributed by atoms with van der Waals surface area (Å²) in [6.07, 6.45) is 0.581. The number of ether oxygens (including phenoxy) is 2. The first-order valence-electron chi connectivity index (χ1n) is 9.77. The summed E-state index contributed by atoms with van der Waals surface area (Å²) in [5.41, 5.74) is 1.35. The van der Waals surface area contributed by atoms with E-state index in [2.05, 4.69) is 10.3 Å². The lowest BCUT2D eigenvalue weighted by molar-refractivity contribution is -0.384. The van der Waals surface area contributed by atoms with Crippen LogP contribution in [0, 0.1) is 10.1 Å². The van der Waals surface area contributed by atoms with Crippen molar-refractivity contribution in [1.29, 1.82) is 0 Å². The molecule has 0 spiro atoms. The van der Waals surface area contributed by atoms with Crippen LogP contribution in [-0.2, 0) is 20.0 Å². The first-order chi connectivity index (χ1) is 15.8. The van der Waals surface area contributed by atoms with Gasteiger partial charge in [0.25, 0.3) is 5.69 Å². The zero-order valence-electron chi connectivity index (χ0n) is 18.6. The van der Waals surface area contributed by atoms with Gasteiger partial charge in [-0.2, -0.15) is 4.98 Å². The Morgan fingerprint density at radius 2 is 1.70 bits per heavy atom. The molecule has 3 rings (SSSR count). The van der Waals surface area contributed by atoms with Crippen molar-refractivity contribution >= 4 is 24.6 Å². The average molecular weight is 477 g/mol. The number of hydrogen-bond acceptors (Lipinski definition) is 10. The molecule has 0 aliphatic carbocycles. The minimum atomic E-state index is -3.74. The van der Waals surface area contributed by atoms with Crippen molar-refractivity contribution in [3.05, 3.63) is 58.1 Å². The monoisotopic (exact) mass is 477 g/mol. The van der Waals surface area contributed by atoms with Crippen LogP contribution in [0.5, 0.6) is 11.5 Å². The number of non-ortho nitro benzene ring substituents is 1. The lowest BCUT2D eigenvalue weighted by atomic mass is 10.1. The number of rotatable bonds is 11. The molecule has 0 aliphatic rings. The first kappa shape index (κ1) is 24.2. The molecule has 33 heavy (non-hydrogen) atoms. The minimum absolute atomic E-state index is 0.0202. The molecule has 1 aromatic heterocycles. The quantitative estimate of drug-likeness (QED) is 0.245. The third-order valence-corrected chi connectivity index (χ3v) is 6.60. The Morgan fingerprint density at radius 1 is 1.03 bits per heavy atom. The highest BCUT2D eigenvalue weighted by atomic mass is 31.2. The number of nitro groups is 1. The van der Waals surface area contributed by atoms with Gasteiger partial charge in [0, 0.05) is 38.5 Å². The lowest BCUT2D eigenvalue weighted by Gasteiger charge is -2.13. The second kappa shape index (κ2) is 10.5. The fourth-order valence-corrected chi connectivity index (χ4v) is 4.15. The Balaban J connectivity index is 1.85. The van der Waals surface area contributed by atoms with Crippen LogP contribution in [0.3, 0.4) is 0 Å². The van der Waals surface area contributed by atoms with Gasteiger partial charge in [0.2, 0.25) is 17.2 Å². The molecule has 1 N–H and O–H groups in total. The van der Waals surface area contributed by atoms with Gasteiger partial charge in [-0.15, -0.1) is 0 Å². The molecule has 0 bridgehead atoms. The van der Waals surface area contributed by atoms with Crippen LogP contribution in [-0.4, -0.2) is 44.9 Å². The highest BCUT2D eigenvalue weighted by molar-refractivity contribution is 7.62. The second-order valence-electron chi connectivity index (χ2n) is 6.70. The van der Waals surface area contributed by atoms with Crippen molar-refractivity contribution in [3.63, 3.8) is 0 Å². The summed E-state index contributed by atoms with van der Waals surface area (Å²) >= 11 is 0. The van der Waals surface area contributed by atoms with Crippen LogP contribution in [0.15, 0.2) is 46.9 Å². The number of nitro benzene ring substituents is 1. The fourth-order valence-electron chi connectivity index (χ4n) is 3.07. The van der Waals surface area contributed by atoms with E-state index in [9.17, 15) is 14.7 Å². The minimum Gasteiger partial charge on any atom is -0.493 e. The number of aromatic nitrogens is 1. The number of benzene rings is 2. The normalized spacial score (nSPS) is 11.3. The van der Waals surface area contributed by atoms with Gasteiger partial charge < -0.3 is 28.3 Å². The molecule has 0 radical (unpaired) electrons. The number of hydrogen-bond donors (Lipinski definition) is 1. The maximum absolute atomic E-state index is 13.0. The molecular weight excluding hydrogens is 453 g/mol. The van der Waals surface area contributed by atoms with E-state index in [4.69, 9.17) is 22.9 Å². The van der Waals surface area contributed by atoms with Crippen LogP contribution >= 0.6 is 7.60 Å². The first-order valence-corrected chi connectivity index (χ1v) is 11.3. The van der Waals surface area contributed by atoms with Crippen molar-refractivity contribution in [3.8, 4) is 23.0 Å². The van der Waals surface area contributed by atoms with Crippen molar-refractivity contribution in [2.45, 2.75) is 6.42 Å². The Hall–Kier alpha value is -3.40. The van der Waals surface area contributed by atoms with Crippen molar-refractivity contribution < 1.29 is 32.4 Å². The smallest absolute Gasteiger partial charge is 0.384 e. The van der Waals surface area contributed by atoms with E-state index in [0.717, 1.165) is 5.56 Å². The van der Waals surface area contributed by atoms with Gasteiger partial charge in [0.15, 0.2) is 11.5 Å². The molecular formula is C21H24N3O8P. The standard InChI is InChI=1S/C21H24N3O8P/c1-28-17-10-5-14(13-18(17)29-2)11-12-22-20-21(33(27,30-3)31-4)23-19(32-20)15-6-8-16(9-7-15)24(25)26/h5-10,13,22H,11-12H2,1-4H3. The Morgan fingerprint density at radius 3 is 2.27 bits per heavy atom. The van der Waals surface area contributed by atoms with Crippen molar-refractivity contribution in [2.24, 2.45) is 0 Å². The lowest BCUT2D eigenvalue weighted by Crippen LogP contribution is -2.16. The van der Waals surface area contributed by atoms with E-state index in [-0.39, 0.29) is 22.9 Å². The predicted molar refractivity (Wildman–Crippen MR) is 122 cm³/mol. The summed E-state index contributed by atoms with van der Waals surface area (Å²) in [5, 5.41) is 14.0. The molecule has 2 aromatic carbocycles. The molecule has 0 unspecified atom stereocenters. The van der Waals surface area contributed by atoms with Gasteiger partial charge in [-0.3, -0.25) is 14.7 Å². The van der Waals surface area contributed by atoms with Gasteiger partial charge >= 0.3 is 7.60 Å². The van der Waals surface area contributed by atoms with E-state index in [1.807, 2.05) is 18.2 Å². The van der Waals surface area contributed by atoms with Gasteiger partial charge in [-0.25, -0.2) is 0 Å². The molecule has 0 aliphatic heterocycles. The fraction of sp³-hybridized carbons (Fsp3) is 0.286. The number of nitrogens with zero attached hydrogens (tertiary/aromatic N) is 2. The second-order valence-corrected chi connectivity index (χ2v) is 8.85. The van der Waals surface area contributed by atoms with E-state index in [1.54, 1.807) is 14.2 Å². The summed E-state index contributed by atoms with van der Waals surface area (Å²) in [7, 11) is 1.88. The summed E-state index contributed by atoms with van der Waals surface area (Å²) in [4.78, 5) is 14.7. The predicted octanol–water partition coefficient (Wildman–Crippen LogP) is 4.03. The molecule has 176 valence electrons. The van der Waals surface area contributed by atoms with E-state index in [1.165, 1.54) is 38.5 Å². The van der Waals surface area contributed by atoms with E-state index >= 15 is 0 Å². The highest BCUT2D eigenvalue weighted by Gasteiger charge is 2.34. The molecule has 11 nitrogen and oxygen atoms in total. The van der Waals surface area contributed by atoms with Crippen molar-refractivity contribution in [1.82, 2.24) is 4.98 Å². The van der Waals surface area contributed by atoms with Crippen LogP contribution in [0.1, 0.15) is 5.56 Å². The number of nitrogens with one attached hydrogen (secondary N) is 1. The molecule has 0 amide bonds. The summed E-state index contributed by atoms with van der Waals surface area (Å²) < 4.78 is 39.6. The zero-order valence-corrected chi connectivity index (χ0v) is 19.5. The highest BCUT2D eigenvalue weighted by Crippen LogP contribution is 2.47. The van der Waals surface area contributed by atoms with Crippen molar-refractivity contribution in [2.75, 3.05) is 40.3 Å². The topological polar surface area (TPSA) is 135 Å². The number of anilines is 1. The largest absolute Gasteiger partial charge is 0.493 e. The molecule has 0 saturated carbocycles. The molecule has 3 aromatic rings. The average Bonchev–Trinajstić information content (AvgIpc) is 3.28. The maximum Gasteiger partial charge on any atom is 0.384 e. The van der Waals surface area contributed by atoms with Gasteiger partial charge in [0.1, 0.15) is 0 Å². The Bertz CT molecular complexity index is 1150. The van der Waals surface area contributed by atoms with E-state index in [0.29, 0.717) is 30.0 Å². The van der Waals surface area contributed by atoms with Crippen LogP contribution in [0.2, 0.25) is 0 Å². The van der Waals surface area contributed by atoms with E-state index < -0.39 is 12.5 Å². The molecule has 1 heterocycles. The van der Waals surface area contributed by atoms with Gasteiger partial charge in [0.05, 0.1) is 19.1 Å². The number of oxazole rings is 1. The van der Waals surface area contributed by atoms with Gasteiger partial charge in [-0.1, -0.05) is 6.07 Å². The van der Waals surface area contributed by atoms with Gasteiger partial charge in [-0.05, 0) is 36.2 Å². The molecule has 0 fully saturated rings. The SMILES string of the molecule is COc1ccc(CCNc2oc(-c3ccc([N+](=O)[O-])cc3)nc2P(=O)(OC)OC)cc1OC. The number of methoxy groups -OCH3 is 2. The molecule has 12 heteroatoms. The molecule has 0 atom stereocenters. The van der Waals surface area contributed by atoms with Crippen LogP contribution in [0.25, 0.3) is 11.5 Å². The Kier molecular flexibility index (Phi) is 7.70. The van der Waals surface area contributed by atoms with Crippen LogP contribution in [0.4, 0.5) is 11.6 Å². The summed E-state index contributed by atoms with van der Waals surface area (Å²) in [6.45, 7) is 0.408. The zero-order chi connectivity index (χ0) is 24.0. The summed E-state index contributed by atoms with van der Waals surface area (Å²) in [6, 6.07) is 11.2. The summed E-state index contributed by atoms with van der Waals surface area (Å²) in [5.74, 6) is 1.47. The third-order valence-electron chi connectivity index (χ3n) is 4.82. The Labute approximate surface area is 190 Å². The maximum atomic E-state index is 13.0.